The Bertz CT molecular complexity index is 1440. The van der Waals surface area contributed by atoms with Gasteiger partial charge >= 0.3 is 6.18 Å². The molecule has 2 aliphatic rings. The minimum atomic E-state index is -4.62. The number of benzene rings is 2. The Balaban J connectivity index is 1.38. The number of rotatable bonds is 4. The van der Waals surface area contributed by atoms with Crippen molar-refractivity contribution in [1.82, 2.24) is 14.2 Å². The van der Waals surface area contributed by atoms with Crippen LogP contribution in [0.15, 0.2) is 59.5 Å². The van der Waals surface area contributed by atoms with Gasteiger partial charge in [-0.25, -0.2) is 13.4 Å². The van der Waals surface area contributed by atoms with Gasteiger partial charge in [0.05, 0.1) is 5.69 Å². The van der Waals surface area contributed by atoms with E-state index in [2.05, 4.69) is 66.2 Å². The topological polar surface area (TPSA) is 53.5 Å². The van der Waals surface area contributed by atoms with E-state index in [1.807, 2.05) is 0 Å². The van der Waals surface area contributed by atoms with Crippen molar-refractivity contribution in [3.8, 4) is 11.1 Å². The van der Waals surface area contributed by atoms with Crippen molar-refractivity contribution in [2.24, 2.45) is 0 Å². The lowest BCUT2D eigenvalue weighted by Gasteiger charge is -2.51. The minimum Gasteiger partial charge on any atom is -0.298 e. The van der Waals surface area contributed by atoms with E-state index in [4.69, 9.17) is 0 Å². The molecule has 2 aromatic carbocycles. The smallest absolute Gasteiger partial charge is 0.298 e. The zero-order valence-corrected chi connectivity index (χ0v) is 22.6. The number of nitrogens with zero attached hydrogens (tertiary/aromatic N) is 3. The summed E-state index contributed by atoms with van der Waals surface area (Å²) >= 11 is 0. The number of sulfonamides is 1. The highest BCUT2D eigenvalue weighted by atomic mass is 32.2. The molecule has 38 heavy (non-hydrogen) atoms. The average Bonchev–Trinajstić information content (AvgIpc) is 2.84. The van der Waals surface area contributed by atoms with E-state index in [0.29, 0.717) is 19.5 Å². The van der Waals surface area contributed by atoms with Crippen LogP contribution in [0.4, 0.5) is 13.2 Å². The largest absolute Gasteiger partial charge is 0.433 e. The molecule has 0 bridgehead atoms. The number of aryl methyl sites for hydroxylation is 2. The van der Waals surface area contributed by atoms with Gasteiger partial charge in [0.15, 0.2) is 0 Å². The molecule has 0 spiro atoms. The third-order valence-electron chi connectivity index (χ3n) is 8.06. The molecule has 0 saturated carbocycles. The van der Waals surface area contributed by atoms with Gasteiger partial charge in [0.25, 0.3) is 0 Å². The summed E-state index contributed by atoms with van der Waals surface area (Å²) in [4.78, 5) is 5.72. The molecule has 0 radical (unpaired) electrons. The minimum absolute atomic E-state index is 0.0133. The molecular weight excluding hydrogens is 511 g/mol. The van der Waals surface area contributed by atoms with Crippen LogP contribution in [0.2, 0.25) is 0 Å². The van der Waals surface area contributed by atoms with Gasteiger partial charge in [-0.15, -0.1) is 0 Å². The lowest BCUT2D eigenvalue weighted by Crippen LogP contribution is -2.60. The summed E-state index contributed by atoms with van der Waals surface area (Å²) in [6.45, 7) is 7.96. The highest BCUT2D eigenvalue weighted by Gasteiger charge is 2.43. The molecule has 3 heterocycles. The first kappa shape index (κ1) is 26.8. The van der Waals surface area contributed by atoms with Crippen molar-refractivity contribution in [2.75, 3.05) is 26.2 Å². The van der Waals surface area contributed by atoms with Gasteiger partial charge in [0.1, 0.15) is 10.6 Å². The zero-order valence-electron chi connectivity index (χ0n) is 21.8. The van der Waals surface area contributed by atoms with Crippen LogP contribution in [0.3, 0.4) is 0 Å². The maximum absolute atomic E-state index is 13.6. The quantitative estimate of drug-likeness (QED) is 0.409. The number of fused-ring (bicyclic) bond motifs is 1. The van der Waals surface area contributed by atoms with Crippen LogP contribution in [-0.2, 0) is 16.2 Å². The highest BCUT2D eigenvalue weighted by Crippen LogP contribution is 2.38. The van der Waals surface area contributed by atoms with Gasteiger partial charge < -0.3 is 0 Å². The molecule has 5 nitrogen and oxygen atoms in total. The van der Waals surface area contributed by atoms with Crippen LogP contribution in [0.25, 0.3) is 11.1 Å². The SMILES string of the molecule is Cc1cccc(-c2ccc(C3CN4CCCCN(S(=O)(=O)c5ccc(C(F)(F)F)nc5C)CC34)cc2)c1C. The maximum atomic E-state index is 13.6. The van der Waals surface area contributed by atoms with Gasteiger partial charge in [-0.3, -0.25) is 4.90 Å². The molecule has 2 atom stereocenters. The molecule has 2 aliphatic heterocycles. The molecule has 0 aliphatic carbocycles. The summed E-state index contributed by atoms with van der Waals surface area (Å²) in [5, 5.41) is 0. The molecular formula is C29H32F3N3O2S. The second-order valence-electron chi connectivity index (χ2n) is 10.4. The lowest BCUT2D eigenvalue weighted by molar-refractivity contribution is -0.141. The molecule has 0 amide bonds. The van der Waals surface area contributed by atoms with Crippen molar-refractivity contribution in [1.29, 1.82) is 0 Å². The van der Waals surface area contributed by atoms with Crippen molar-refractivity contribution in [3.05, 3.63) is 82.7 Å². The summed E-state index contributed by atoms with van der Waals surface area (Å²) < 4.78 is 67.9. The number of aromatic nitrogens is 1. The Morgan fingerprint density at radius 3 is 2.29 bits per heavy atom. The monoisotopic (exact) mass is 543 g/mol. The van der Waals surface area contributed by atoms with Crippen LogP contribution in [0.5, 0.6) is 0 Å². The molecule has 1 aromatic heterocycles. The molecule has 202 valence electrons. The van der Waals surface area contributed by atoms with E-state index < -0.39 is 21.9 Å². The summed E-state index contributed by atoms with van der Waals surface area (Å²) in [5.74, 6) is 0.185. The van der Waals surface area contributed by atoms with Gasteiger partial charge in [-0.05, 0) is 80.1 Å². The Morgan fingerprint density at radius 2 is 1.61 bits per heavy atom. The van der Waals surface area contributed by atoms with Crippen LogP contribution < -0.4 is 0 Å². The first-order valence-corrected chi connectivity index (χ1v) is 14.4. The zero-order chi connectivity index (χ0) is 27.2. The fourth-order valence-electron chi connectivity index (χ4n) is 5.67. The number of alkyl halides is 3. The second kappa shape index (κ2) is 10.1. The van der Waals surface area contributed by atoms with Crippen molar-refractivity contribution in [3.63, 3.8) is 0 Å². The molecule has 0 N–H and O–H groups in total. The number of hydrogen-bond acceptors (Lipinski definition) is 4. The first-order chi connectivity index (χ1) is 18.0. The first-order valence-electron chi connectivity index (χ1n) is 12.9. The van der Waals surface area contributed by atoms with Gasteiger partial charge in [-0.1, -0.05) is 42.5 Å². The Labute approximate surface area is 222 Å². The molecule has 2 saturated heterocycles. The van der Waals surface area contributed by atoms with Gasteiger partial charge in [0, 0.05) is 31.6 Å². The van der Waals surface area contributed by atoms with E-state index in [0.717, 1.165) is 37.2 Å². The van der Waals surface area contributed by atoms with Crippen molar-refractivity contribution >= 4 is 10.0 Å². The van der Waals surface area contributed by atoms with Crippen LogP contribution >= 0.6 is 0 Å². The Morgan fingerprint density at radius 1 is 0.895 bits per heavy atom. The average molecular weight is 544 g/mol. The number of pyridine rings is 1. The molecule has 9 heteroatoms. The lowest BCUT2D eigenvalue weighted by atomic mass is 9.81. The summed E-state index contributed by atoms with van der Waals surface area (Å²) in [6, 6.07) is 16.6. The van der Waals surface area contributed by atoms with Crippen molar-refractivity contribution in [2.45, 2.75) is 56.6 Å². The molecule has 5 rings (SSSR count). The van der Waals surface area contributed by atoms with Crippen LogP contribution in [-0.4, -0.2) is 54.8 Å². The van der Waals surface area contributed by atoms with E-state index >= 15 is 0 Å². The Kier molecular flexibility index (Phi) is 7.13. The molecule has 3 aromatic rings. The predicted molar refractivity (Wildman–Crippen MR) is 141 cm³/mol. The van der Waals surface area contributed by atoms with Crippen LogP contribution in [0, 0.1) is 20.8 Å². The molecule has 2 unspecified atom stereocenters. The normalized spacial score (nSPS) is 21.3. The summed E-state index contributed by atoms with van der Waals surface area (Å²) in [6.07, 6.45) is -3.06. The standard InChI is InChI=1S/C29H32F3N3O2S/c1-19-7-6-8-24(20(19)2)22-9-11-23(12-10-22)25-17-34-15-4-5-16-35(18-26(25)34)38(36,37)27-13-14-28(29(30,31)32)33-21(27)3/h6-14,25-26H,4-5,15-18H2,1-3H3. The third-order valence-corrected chi connectivity index (χ3v) is 10.1. The number of hydrogen-bond donors (Lipinski definition) is 0. The van der Waals surface area contributed by atoms with Crippen molar-refractivity contribution < 1.29 is 21.6 Å². The number of halogens is 3. The highest BCUT2D eigenvalue weighted by molar-refractivity contribution is 7.89. The molecule has 2 fully saturated rings. The predicted octanol–water partition coefficient (Wildman–Crippen LogP) is 5.95. The van der Waals surface area contributed by atoms with E-state index in [-0.39, 0.29) is 22.5 Å². The fourth-order valence-corrected chi connectivity index (χ4v) is 7.32. The van der Waals surface area contributed by atoms with E-state index in [1.54, 1.807) is 0 Å². The van der Waals surface area contributed by atoms with E-state index in [9.17, 15) is 21.6 Å². The van der Waals surface area contributed by atoms with Gasteiger partial charge in [0.2, 0.25) is 10.0 Å². The summed E-state index contributed by atoms with van der Waals surface area (Å²) in [5.41, 5.74) is 4.81. The van der Waals surface area contributed by atoms with Gasteiger partial charge in [-0.2, -0.15) is 17.5 Å². The van der Waals surface area contributed by atoms with Crippen LogP contribution in [0.1, 0.15) is 46.8 Å². The second-order valence-corrected chi connectivity index (χ2v) is 12.3. The third kappa shape index (κ3) is 4.99. The fraction of sp³-hybridized carbons (Fsp3) is 0.414. The summed E-state index contributed by atoms with van der Waals surface area (Å²) in [7, 11) is -4.00. The Hall–Kier alpha value is -2.75. The maximum Gasteiger partial charge on any atom is 0.433 e. The van der Waals surface area contributed by atoms with E-state index in [1.165, 1.54) is 33.5 Å².